The number of nitrogens with one attached hydrogen (secondary N) is 1. The van der Waals surface area contributed by atoms with Gasteiger partial charge in [-0.05, 0) is 65.1 Å². The second-order valence-electron chi connectivity index (χ2n) is 5.50. The fourth-order valence-electron chi connectivity index (χ4n) is 3.11. The van der Waals surface area contributed by atoms with Gasteiger partial charge in [0.1, 0.15) is 0 Å². The zero-order valence-electron chi connectivity index (χ0n) is 10.5. The van der Waals surface area contributed by atoms with Crippen molar-refractivity contribution in [2.24, 2.45) is 0 Å². The van der Waals surface area contributed by atoms with Gasteiger partial charge in [-0.3, -0.25) is 0 Å². The number of nitrogens with zero attached hydrogens (tertiary/aromatic N) is 1. The minimum absolute atomic E-state index is 0.140. The molecule has 2 saturated heterocycles. The second-order valence-corrected chi connectivity index (χ2v) is 5.50. The topological polar surface area (TPSA) is 35.5 Å². The number of aliphatic hydroxyl groups is 1. The van der Waals surface area contributed by atoms with Crippen molar-refractivity contribution in [2.75, 3.05) is 19.6 Å². The molecule has 0 amide bonds. The quantitative estimate of drug-likeness (QED) is 0.695. The average molecular weight is 226 g/mol. The third-order valence-electron chi connectivity index (χ3n) is 4.05. The van der Waals surface area contributed by atoms with Crippen LogP contribution in [0, 0.1) is 0 Å². The van der Waals surface area contributed by atoms with Gasteiger partial charge in [-0.15, -0.1) is 0 Å². The Bertz CT molecular complexity index is 208. The van der Waals surface area contributed by atoms with E-state index in [1.165, 1.54) is 38.8 Å². The van der Waals surface area contributed by atoms with Crippen molar-refractivity contribution in [1.29, 1.82) is 0 Å². The summed E-state index contributed by atoms with van der Waals surface area (Å²) in [5.41, 5.74) is 0. The summed E-state index contributed by atoms with van der Waals surface area (Å²) in [6, 6.07) is 1.59. The molecule has 0 aromatic carbocycles. The molecular formula is C13H26N2O. The number of aliphatic hydroxyl groups excluding tert-OH is 1. The largest absolute Gasteiger partial charge is 0.393 e. The Morgan fingerprint density at radius 1 is 1.38 bits per heavy atom. The SMILES string of the molecule is CC(O)CCCNC1CCN2CCCC2C1. The highest BCUT2D eigenvalue weighted by molar-refractivity contribution is 4.89. The molecule has 2 rings (SSSR count). The first-order valence-electron chi connectivity index (χ1n) is 6.91. The highest BCUT2D eigenvalue weighted by Crippen LogP contribution is 2.26. The maximum absolute atomic E-state index is 9.18. The van der Waals surface area contributed by atoms with Gasteiger partial charge < -0.3 is 15.3 Å². The van der Waals surface area contributed by atoms with E-state index in [4.69, 9.17) is 0 Å². The monoisotopic (exact) mass is 226 g/mol. The first-order valence-corrected chi connectivity index (χ1v) is 6.91. The van der Waals surface area contributed by atoms with Gasteiger partial charge >= 0.3 is 0 Å². The molecular weight excluding hydrogens is 200 g/mol. The summed E-state index contributed by atoms with van der Waals surface area (Å²) in [6.45, 7) is 5.57. The van der Waals surface area contributed by atoms with Crippen LogP contribution in [0.25, 0.3) is 0 Å². The van der Waals surface area contributed by atoms with Gasteiger partial charge in [-0.2, -0.15) is 0 Å². The van der Waals surface area contributed by atoms with Crippen molar-refractivity contribution >= 4 is 0 Å². The van der Waals surface area contributed by atoms with E-state index in [2.05, 4.69) is 10.2 Å². The summed E-state index contributed by atoms with van der Waals surface area (Å²) in [5.74, 6) is 0. The van der Waals surface area contributed by atoms with Crippen LogP contribution in [-0.4, -0.2) is 47.8 Å². The molecule has 2 fully saturated rings. The molecule has 0 radical (unpaired) electrons. The van der Waals surface area contributed by atoms with E-state index in [9.17, 15) is 5.11 Å². The van der Waals surface area contributed by atoms with Crippen LogP contribution < -0.4 is 5.32 Å². The Morgan fingerprint density at radius 3 is 3.06 bits per heavy atom. The number of rotatable bonds is 5. The molecule has 16 heavy (non-hydrogen) atoms. The standard InChI is InChI=1S/C13H26N2O/c1-11(16)4-2-7-14-12-6-9-15-8-3-5-13(15)10-12/h11-14,16H,2-10H2,1H3. The van der Waals surface area contributed by atoms with Gasteiger partial charge in [-0.1, -0.05) is 0 Å². The van der Waals surface area contributed by atoms with Gasteiger partial charge in [0, 0.05) is 12.1 Å². The molecule has 3 unspecified atom stereocenters. The highest BCUT2D eigenvalue weighted by atomic mass is 16.3. The predicted molar refractivity (Wildman–Crippen MR) is 66.5 cm³/mol. The van der Waals surface area contributed by atoms with Crippen LogP contribution in [0.1, 0.15) is 45.4 Å². The minimum Gasteiger partial charge on any atom is -0.393 e. The lowest BCUT2D eigenvalue weighted by Gasteiger charge is -2.35. The molecule has 2 heterocycles. The van der Waals surface area contributed by atoms with Gasteiger partial charge in [0.25, 0.3) is 0 Å². The van der Waals surface area contributed by atoms with Crippen molar-refractivity contribution in [1.82, 2.24) is 10.2 Å². The molecule has 2 aliphatic heterocycles. The summed E-state index contributed by atoms with van der Waals surface area (Å²) in [6.07, 6.45) is 7.35. The van der Waals surface area contributed by atoms with Crippen LogP contribution >= 0.6 is 0 Å². The third kappa shape index (κ3) is 3.44. The van der Waals surface area contributed by atoms with Crippen molar-refractivity contribution in [2.45, 2.75) is 63.6 Å². The van der Waals surface area contributed by atoms with E-state index in [1.807, 2.05) is 6.92 Å². The summed E-state index contributed by atoms with van der Waals surface area (Å²) in [7, 11) is 0. The summed E-state index contributed by atoms with van der Waals surface area (Å²) in [4.78, 5) is 2.66. The number of hydrogen-bond donors (Lipinski definition) is 2. The van der Waals surface area contributed by atoms with Gasteiger partial charge in [0.05, 0.1) is 6.10 Å². The number of fused-ring (bicyclic) bond motifs is 1. The zero-order chi connectivity index (χ0) is 11.4. The Labute approximate surface area is 99.2 Å². The molecule has 0 aliphatic carbocycles. The van der Waals surface area contributed by atoms with Crippen molar-refractivity contribution in [3.8, 4) is 0 Å². The fraction of sp³-hybridized carbons (Fsp3) is 1.00. The molecule has 2 N–H and O–H groups in total. The molecule has 3 nitrogen and oxygen atoms in total. The van der Waals surface area contributed by atoms with E-state index in [0.717, 1.165) is 31.5 Å². The molecule has 94 valence electrons. The summed E-state index contributed by atoms with van der Waals surface area (Å²) in [5, 5.41) is 12.8. The Balaban J connectivity index is 1.60. The molecule has 2 aliphatic rings. The zero-order valence-corrected chi connectivity index (χ0v) is 10.5. The van der Waals surface area contributed by atoms with E-state index in [1.54, 1.807) is 0 Å². The number of piperidine rings is 1. The molecule has 0 bridgehead atoms. The maximum atomic E-state index is 9.18. The van der Waals surface area contributed by atoms with Gasteiger partial charge in [-0.25, -0.2) is 0 Å². The smallest absolute Gasteiger partial charge is 0.0512 e. The summed E-state index contributed by atoms with van der Waals surface area (Å²) < 4.78 is 0. The van der Waals surface area contributed by atoms with Crippen LogP contribution in [-0.2, 0) is 0 Å². The van der Waals surface area contributed by atoms with Crippen molar-refractivity contribution in [3.05, 3.63) is 0 Å². The van der Waals surface area contributed by atoms with E-state index >= 15 is 0 Å². The van der Waals surface area contributed by atoms with Crippen LogP contribution in [0.5, 0.6) is 0 Å². The van der Waals surface area contributed by atoms with Crippen molar-refractivity contribution in [3.63, 3.8) is 0 Å². The van der Waals surface area contributed by atoms with Crippen LogP contribution in [0.15, 0.2) is 0 Å². The van der Waals surface area contributed by atoms with E-state index in [-0.39, 0.29) is 6.10 Å². The van der Waals surface area contributed by atoms with E-state index < -0.39 is 0 Å². The maximum Gasteiger partial charge on any atom is 0.0512 e. The second kappa shape index (κ2) is 5.99. The van der Waals surface area contributed by atoms with Gasteiger partial charge in [0.15, 0.2) is 0 Å². The molecule has 0 aromatic rings. The fourth-order valence-corrected chi connectivity index (χ4v) is 3.11. The normalized spacial score (nSPS) is 32.6. The molecule has 3 heteroatoms. The van der Waals surface area contributed by atoms with Crippen molar-refractivity contribution < 1.29 is 5.11 Å². The highest BCUT2D eigenvalue weighted by Gasteiger charge is 2.31. The lowest BCUT2D eigenvalue weighted by molar-refractivity contribution is 0.161. The first-order chi connectivity index (χ1) is 7.75. The first kappa shape index (κ1) is 12.3. The van der Waals surface area contributed by atoms with Crippen LogP contribution in [0.3, 0.4) is 0 Å². The Kier molecular flexibility index (Phi) is 4.62. The van der Waals surface area contributed by atoms with E-state index in [0.29, 0.717) is 0 Å². The lowest BCUT2D eigenvalue weighted by Crippen LogP contribution is -2.45. The molecule has 3 atom stereocenters. The molecule has 0 aromatic heterocycles. The summed E-state index contributed by atoms with van der Waals surface area (Å²) >= 11 is 0. The van der Waals surface area contributed by atoms with Crippen LogP contribution in [0.2, 0.25) is 0 Å². The molecule has 0 spiro atoms. The molecule has 0 saturated carbocycles. The Morgan fingerprint density at radius 2 is 2.25 bits per heavy atom. The van der Waals surface area contributed by atoms with Gasteiger partial charge in [0.2, 0.25) is 0 Å². The van der Waals surface area contributed by atoms with Crippen LogP contribution in [0.4, 0.5) is 0 Å². The Hall–Kier alpha value is -0.120. The lowest BCUT2D eigenvalue weighted by atomic mass is 9.97. The average Bonchev–Trinajstić information content (AvgIpc) is 2.71. The minimum atomic E-state index is -0.140. The third-order valence-corrected chi connectivity index (χ3v) is 4.05. The number of hydrogen-bond acceptors (Lipinski definition) is 3. The predicted octanol–water partition coefficient (Wildman–Crippen LogP) is 1.36.